The highest BCUT2D eigenvalue weighted by atomic mass is 32.2. The van der Waals surface area contributed by atoms with Crippen molar-refractivity contribution in [3.8, 4) is 0 Å². The first-order chi connectivity index (χ1) is 9.36. The third kappa shape index (κ3) is 3.24. The molecule has 2 aromatic rings. The topological polar surface area (TPSA) is 109 Å². The van der Waals surface area contributed by atoms with Gasteiger partial charge in [-0.3, -0.25) is 14.9 Å². The van der Waals surface area contributed by atoms with E-state index in [4.69, 9.17) is 0 Å². The van der Waals surface area contributed by atoms with Crippen molar-refractivity contribution in [2.45, 2.75) is 29.3 Å². The number of thiophene rings is 1. The van der Waals surface area contributed by atoms with Crippen LogP contribution in [0.15, 0.2) is 26.3 Å². The summed E-state index contributed by atoms with van der Waals surface area (Å²) in [4.78, 5) is 29.0. The van der Waals surface area contributed by atoms with Gasteiger partial charge in [-0.05, 0) is 25.6 Å². The molecular formula is C11H11N3O4S2. The number of nitrogens with zero attached hydrogens (tertiary/aromatic N) is 2. The number of H-pyrrole nitrogens is 1. The van der Waals surface area contributed by atoms with Crippen molar-refractivity contribution >= 4 is 28.8 Å². The standard InChI is InChI=1S/C11H11N3O4S2/c1-5-3-9(16)13-11(12-5)20-10-7(14(17)18)4-8(19-10)6(2)15/h3-4,6,15H,1-2H3,(H,12,13,16)/t6-/m1/s1. The lowest BCUT2D eigenvalue weighted by Gasteiger charge is -1.99. The average Bonchev–Trinajstić information content (AvgIpc) is 2.71. The van der Waals surface area contributed by atoms with Gasteiger partial charge in [-0.15, -0.1) is 11.3 Å². The van der Waals surface area contributed by atoms with Crippen LogP contribution in [0.3, 0.4) is 0 Å². The number of aliphatic hydroxyl groups is 1. The molecule has 9 heteroatoms. The lowest BCUT2D eigenvalue weighted by atomic mass is 10.3. The minimum Gasteiger partial charge on any atom is -0.388 e. The Labute approximate surface area is 121 Å². The van der Waals surface area contributed by atoms with E-state index in [2.05, 4.69) is 9.97 Å². The predicted octanol–water partition coefficient (Wildman–Crippen LogP) is 2.25. The van der Waals surface area contributed by atoms with Gasteiger partial charge in [0.1, 0.15) is 4.21 Å². The van der Waals surface area contributed by atoms with Gasteiger partial charge in [0.05, 0.1) is 11.0 Å². The second-order valence-corrected chi connectivity index (χ2v) is 6.39. The molecule has 0 spiro atoms. The number of hydrogen-bond acceptors (Lipinski definition) is 7. The first kappa shape index (κ1) is 14.7. The van der Waals surface area contributed by atoms with Gasteiger partial charge in [-0.1, -0.05) is 0 Å². The van der Waals surface area contributed by atoms with Crippen LogP contribution < -0.4 is 5.56 Å². The minimum absolute atomic E-state index is 0.0972. The lowest BCUT2D eigenvalue weighted by molar-refractivity contribution is -0.387. The van der Waals surface area contributed by atoms with Crippen LogP contribution in [0.5, 0.6) is 0 Å². The maximum Gasteiger partial charge on any atom is 0.294 e. The number of hydrogen-bond donors (Lipinski definition) is 2. The molecule has 2 N–H and O–H groups in total. The molecule has 0 saturated heterocycles. The number of nitro groups is 1. The van der Waals surface area contributed by atoms with Crippen LogP contribution in [0.25, 0.3) is 0 Å². The highest BCUT2D eigenvalue weighted by Gasteiger charge is 2.22. The van der Waals surface area contributed by atoms with E-state index < -0.39 is 11.0 Å². The molecule has 0 aliphatic heterocycles. The Bertz CT molecular complexity index is 708. The molecule has 0 unspecified atom stereocenters. The number of aryl methyl sites for hydroxylation is 1. The summed E-state index contributed by atoms with van der Waals surface area (Å²) in [7, 11) is 0. The summed E-state index contributed by atoms with van der Waals surface area (Å²) >= 11 is 2.12. The molecule has 0 bridgehead atoms. The zero-order valence-electron chi connectivity index (χ0n) is 10.6. The maximum atomic E-state index is 11.4. The van der Waals surface area contributed by atoms with Gasteiger partial charge in [0.25, 0.3) is 11.2 Å². The maximum absolute atomic E-state index is 11.4. The van der Waals surface area contributed by atoms with Crippen LogP contribution in [-0.4, -0.2) is 20.0 Å². The van der Waals surface area contributed by atoms with Gasteiger partial charge >= 0.3 is 0 Å². The van der Waals surface area contributed by atoms with E-state index in [9.17, 15) is 20.0 Å². The van der Waals surface area contributed by atoms with E-state index in [0.717, 1.165) is 23.1 Å². The molecule has 0 aliphatic carbocycles. The highest BCUT2D eigenvalue weighted by Crippen LogP contribution is 2.41. The molecule has 0 fully saturated rings. The summed E-state index contributed by atoms with van der Waals surface area (Å²) < 4.78 is 0.375. The van der Waals surface area contributed by atoms with Crippen molar-refractivity contribution in [1.82, 2.24) is 9.97 Å². The molecular weight excluding hydrogens is 302 g/mol. The van der Waals surface area contributed by atoms with Crippen LogP contribution in [0.1, 0.15) is 23.6 Å². The SMILES string of the molecule is Cc1cc(=O)[nH]c(Sc2sc([C@@H](C)O)cc2[N+](=O)[O-])n1. The second kappa shape index (κ2) is 5.73. The molecule has 2 heterocycles. The Balaban J connectivity index is 2.41. The smallest absolute Gasteiger partial charge is 0.294 e. The third-order valence-electron chi connectivity index (χ3n) is 2.34. The largest absolute Gasteiger partial charge is 0.388 e. The average molecular weight is 313 g/mol. The Morgan fingerprint density at radius 3 is 2.80 bits per heavy atom. The Morgan fingerprint density at radius 1 is 1.55 bits per heavy atom. The first-order valence-corrected chi connectivity index (χ1v) is 7.22. The highest BCUT2D eigenvalue weighted by molar-refractivity contribution is 8.01. The van der Waals surface area contributed by atoms with Gasteiger partial charge in [0.15, 0.2) is 5.16 Å². The minimum atomic E-state index is -0.780. The fraction of sp³-hybridized carbons (Fsp3) is 0.273. The summed E-state index contributed by atoms with van der Waals surface area (Å²) in [6, 6.07) is 2.68. The third-order valence-corrected chi connectivity index (χ3v) is 4.71. The Morgan fingerprint density at radius 2 is 2.25 bits per heavy atom. The van der Waals surface area contributed by atoms with Crippen molar-refractivity contribution < 1.29 is 10.0 Å². The van der Waals surface area contributed by atoms with Gasteiger partial charge in [-0.25, -0.2) is 4.98 Å². The zero-order valence-corrected chi connectivity index (χ0v) is 12.2. The molecule has 7 nitrogen and oxygen atoms in total. The van der Waals surface area contributed by atoms with Crippen molar-refractivity contribution in [3.63, 3.8) is 0 Å². The lowest BCUT2D eigenvalue weighted by Crippen LogP contribution is -2.07. The predicted molar refractivity (Wildman–Crippen MR) is 75.3 cm³/mol. The van der Waals surface area contributed by atoms with Crippen LogP contribution in [0.4, 0.5) is 5.69 Å². The summed E-state index contributed by atoms with van der Waals surface area (Å²) in [5.74, 6) is 0. The van der Waals surface area contributed by atoms with E-state index in [1.165, 1.54) is 19.1 Å². The molecule has 0 radical (unpaired) electrons. The van der Waals surface area contributed by atoms with Crippen molar-refractivity contribution in [1.29, 1.82) is 0 Å². The first-order valence-electron chi connectivity index (χ1n) is 5.59. The Kier molecular flexibility index (Phi) is 4.21. The number of aliphatic hydroxyl groups excluding tert-OH is 1. The van der Waals surface area contributed by atoms with Crippen molar-refractivity contribution in [2.24, 2.45) is 0 Å². The molecule has 0 aromatic carbocycles. The molecule has 0 aliphatic rings. The summed E-state index contributed by atoms with van der Waals surface area (Å²) in [5.41, 5.74) is 0.126. The fourth-order valence-corrected chi connectivity index (χ4v) is 3.72. The summed E-state index contributed by atoms with van der Waals surface area (Å²) in [6.07, 6.45) is -0.780. The van der Waals surface area contributed by atoms with E-state index in [0.29, 0.717) is 14.8 Å². The van der Waals surface area contributed by atoms with Gasteiger partial charge in [0, 0.05) is 22.7 Å². The number of nitrogens with one attached hydrogen (secondary N) is 1. The fourth-order valence-electron chi connectivity index (χ4n) is 1.48. The summed E-state index contributed by atoms with van der Waals surface area (Å²) in [5, 5.41) is 20.8. The quantitative estimate of drug-likeness (QED) is 0.509. The van der Waals surface area contributed by atoms with Crippen LogP contribution in [0.2, 0.25) is 0 Å². The van der Waals surface area contributed by atoms with Gasteiger partial charge in [-0.2, -0.15) is 0 Å². The van der Waals surface area contributed by atoms with E-state index >= 15 is 0 Å². The zero-order chi connectivity index (χ0) is 14.9. The number of aromatic amines is 1. The van der Waals surface area contributed by atoms with E-state index in [1.807, 2.05) is 0 Å². The van der Waals surface area contributed by atoms with Crippen molar-refractivity contribution in [2.75, 3.05) is 0 Å². The number of aromatic nitrogens is 2. The molecule has 2 aromatic heterocycles. The molecule has 0 saturated carbocycles. The molecule has 20 heavy (non-hydrogen) atoms. The van der Waals surface area contributed by atoms with Crippen LogP contribution in [0, 0.1) is 17.0 Å². The molecule has 0 amide bonds. The Hall–Kier alpha value is -1.71. The molecule has 106 valence electrons. The van der Waals surface area contributed by atoms with Crippen molar-refractivity contribution in [3.05, 3.63) is 43.2 Å². The van der Waals surface area contributed by atoms with E-state index in [-0.39, 0.29) is 16.4 Å². The molecule has 2 rings (SSSR count). The van der Waals surface area contributed by atoms with Gasteiger partial charge < -0.3 is 10.1 Å². The monoisotopic (exact) mass is 313 g/mol. The number of rotatable bonds is 4. The summed E-state index contributed by atoms with van der Waals surface area (Å²) in [6.45, 7) is 3.21. The second-order valence-electron chi connectivity index (χ2n) is 4.05. The van der Waals surface area contributed by atoms with Crippen LogP contribution in [-0.2, 0) is 0 Å². The van der Waals surface area contributed by atoms with Gasteiger partial charge in [0.2, 0.25) is 0 Å². The van der Waals surface area contributed by atoms with E-state index in [1.54, 1.807) is 6.92 Å². The molecule has 1 atom stereocenters. The normalized spacial score (nSPS) is 12.3. The van der Waals surface area contributed by atoms with Crippen LogP contribution >= 0.6 is 23.1 Å².